The van der Waals surface area contributed by atoms with Gasteiger partial charge in [0.2, 0.25) is 0 Å². The molecular formula is C22H35N7. The van der Waals surface area contributed by atoms with Crippen LogP contribution in [0.5, 0.6) is 0 Å². The molecule has 0 spiro atoms. The Balaban J connectivity index is 1.67. The lowest BCUT2D eigenvalue weighted by Gasteiger charge is -2.22. The first-order chi connectivity index (χ1) is 14.0. The molecule has 0 bridgehead atoms. The van der Waals surface area contributed by atoms with Gasteiger partial charge in [-0.1, -0.05) is 19.9 Å². The van der Waals surface area contributed by atoms with Crippen LogP contribution in [0.4, 0.5) is 5.82 Å². The molecule has 1 aliphatic rings. The molecule has 0 aromatic carbocycles. The van der Waals surface area contributed by atoms with Crippen molar-refractivity contribution in [3.63, 3.8) is 0 Å². The van der Waals surface area contributed by atoms with E-state index in [1.807, 2.05) is 17.9 Å². The summed E-state index contributed by atoms with van der Waals surface area (Å²) in [5, 5.41) is 8.03. The Morgan fingerprint density at radius 2 is 2.03 bits per heavy atom. The van der Waals surface area contributed by atoms with E-state index in [2.05, 4.69) is 71.3 Å². The van der Waals surface area contributed by atoms with E-state index < -0.39 is 0 Å². The Morgan fingerprint density at radius 3 is 2.66 bits per heavy atom. The number of hydrogen-bond acceptors (Lipinski definition) is 4. The van der Waals surface area contributed by atoms with Crippen LogP contribution >= 0.6 is 0 Å². The molecule has 1 aliphatic heterocycles. The van der Waals surface area contributed by atoms with Crippen molar-refractivity contribution >= 4 is 11.8 Å². The maximum Gasteiger partial charge on any atom is 0.194 e. The molecule has 0 atom stereocenters. The molecule has 7 nitrogen and oxygen atoms in total. The fourth-order valence-corrected chi connectivity index (χ4v) is 3.77. The Hall–Kier alpha value is -2.57. The zero-order valence-electron chi connectivity index (χ0n) is 18.5. The van der Waals surface area contributed by atoms with Crippen molar-refractivity contribution in [2.45, 2.75) is 52.6 Å². The van der Waals surface area contributed by atoms with E-state index in [1.165, 1.54) is 18.4 Å². The molecule has 29 heavy (non-hydrogen) atoms. The molecule has 2 aromatic heterocycles. The number of rotatable bonds is 7. The quantitative estimate of drug-likeness (QED) is 0.574. The summed E-state index contributed by atoms with van der Waals surface area (Å²) < 4.78 is 1.90. The number of aryl methyl sites for hydroxylation is 1. The SMILES string of the molecule is CCNC(=NCc1ccc(N2CCCC2)nc1)N(C)Cc1cn(C)nc1C(C)C. The van der Waals surface area contributed by atoms with Gasteiger partial charge in [-0.2, -0.15) is 5.10 Å². The van der Waals surface area contributed by atoms with Gasteiger partial charge in [-0.15, -0.1) is 0 Å². The fourth-order valence-electron chi connectivity index (χ4n) is 3.77. The molecule has 2 aromatic rings. The molecule has 1 saturated heterocycles. The largest absolute Gasteiger partial charge is 0.357 e. The molecule has 0 saturated carbocycles. The maximum atomic E-state index is 4.84. The van der Waals surface area contributed by atoms with Gasteiger partial charge in [-0.05, 0) is 37.3 Å². The van der Waals surface area contributed by atoms with Gasteiger partial charge in [0.15, 0.2) is 5.96 Å². The number of aliphatic imine (C=N–C) groups is 1. The van der Waals surface area contributed by atoms with Crippen molar-refractivity contribution < 1.29 is 0 Å². The molecule has 0 radical (unpaired) electrons. The van der Waals surface area contributed by atoms with E-state index in [4.69, 9.17) is 4.99 Å². The average Bonchev–Trinajstić information content (AvgIpc) is 3.35. The number of anilines is 1. The topological polar surface area (TPSA) is 61.6 Å². The second-order valence-corrected chi connectivity index (χ2v) is 8.11. The number of nitrogens with one attached hydrogen (secondary N) is 1. The van der Waals surface area contributed by atoms with Crippen LogP contribution in [0.1, 0.15) is 56.4 Å². The number of pyridine rings is 1. The van der Waals surface area contributed by atoms with Crippen molar-refractivity contribution in [2.24, 2.45) is 12.0 Å². The summed E-state index contributed by atoms with van der Waals surface area (Å²) in [6.45, 7) is 10.9. The summed E-state index contributed by atoms with van der Waals surface area (Å²) in [4.78, 5) is 14.0. The van der Waals surface area contributed by atoms with Gasteiger partial charge >= 0.3 is 0 Å². The van der Waals surface area contributed by atoms with Gasteiger partial charge < -0.3 is 15.1 Å². The minimum atomic E-state index is 0.402. The number of aromatic nitrogens is 3. The highest BCUT2D eigenvalue weighted by Gasteiger charge is 2.15. The van der Waals surface area contributed by atoms with E-state index in [0.29, 0.717) is 12.5 Å². The summed E-state index contributed by atoms with van der Waals surface area (Å²) in [6.07, 6.45) is 6.60. The molecule has 1 N–H and O–H groups in total. The molecule has 158 valence electrons. The van der Waals surface area contributed by atoms with E-state index in [-0.39, 0.29) is 0 Å². The highest BCUT2D eigenvalue weighted by Crippen LogP contribution is 2.19. The molecule has 1 fully saturated rings. The summed E-state index contributed by atoms with van der Waals surface area (Å²) >= 11 is 0. The smallest absolute Gasteiger partial charge is 0.194 e. The number of nitrogens with zero attached hydrogens (tertiary/aromatic N) is 6. The van der Waals surface area contributed by atoms with Gasteiger partial charge in [0.25, 0.3) is 0 Å². The van der Waals surface area contributed by atoms with Gasteiger partial charge in [-0.3, -0.25) is 4.68 Å². The first-order valence-corrected chi connectivity index (χ1v) is 10.7. The normalized spacial score (nSPS) is 14.7. The molecule has 7 heteroatoms. The van der Waals surface area contributed by atoms with E-state index in [0.717, 1.165) is 49.2 Å². The number of hydrogen-bond donors (Lipinski definition) is 1. The number of guanidine groups is 1. The van der Waals surface area contributed by atoms with Gasteiger partial charge in [-0.25, -0.2) is 9.98 Å². The highest BCUT2D eigenvalue weighted by molar-refractivity contribution is 5.79. The molecule has 3 rings (SSSR count). The van der Waals surface area contributed by atoms with Gasteiger partial charge in [0, 0.05) is 58.2 Å². The van der Waals surface area contributed by atoms with Crippen LogP contribution in [-0.4, -0.2) is 52.3 Å². The Morgan fingerprint density at radius 1 is 1.28 bits per heavy atom. The Kier molecular flexibility index (Phi) is 7.12. The van der Waals surface area contributed by atoms with Gasteiger partial charge in [0.1, 0.15) is 5.82 Å². The zero-order chi connectivity index (χ0) is 20.8. The van der Waals surface area contributed by atoms with Crippen LogP contribution in [-0.2, 0) is 20.1 Å². The Labute approximate surface area is 174 Å². The second kappa shape index (κ2) is 9.76. The predicted molar refractivity (Wildman–Crippen MR) is 119 cm³/mol. The first kappa shape index (κ1) is 21.1. The monoisotopic (exact) mass is 397 g/mol. The molecule has 0 unspecified atom stereocenters. The molecule has 0 amide bonds. The van der Waals surface area contributed by atoms with Crippen LogP contribution in [0.25, 0.3) is 0 Å². The summed E-state index contributed by atoms with van der Waals surface area (Å²) in [7, 11) is 4.06. The Bertz CT molecular complexity index is 801. The molecular weight excluding hydrogens is 362 g/mol. The lowest BCUT2D eigenvalue weighted by molar-refractivity contribution is 0.473. The zero-order valence-corrected chi connectivity index (χ0v) is 18.5. The van der Waals surface area contributed by atoms with E-state index >= 15 is 0 Å². The van der Waals surface area contributed by atoms with Crippen molar-refractivity contribution in [2.75, 3.05) is 31.6 Å². The molecule has 3 heterocycles. The van der Waals surface area contributed by atoms with Crippen molar-refractivity contribution in [3.05, 3.63) is 41.3 Å². The first-order valence-electron chi connectivity index (χ1n) is 10.7. The van der Waals surface area contributed by atoms with Crippen LogP contribution in [0, 0.1) is 0 Å². The maximum absolute atomic E-state index is 4.84. The van der Waals surface area contributed by atoms with Crippen LogP contribution in [0.2, 0.25) is 0 Å². The summed E-state index contributed by atoms with van der Waals surface area (Å²) in [5.74, 6) is 2.38. The third-order valence-electron chi connectivity index (χ3n) is 5.24. The molecule has 0 aliphatic carbocycles. The third-order valence-corrected chi connectivity index (χ3v) is 5.24. The van der Waals surface area contributed by atoms with Crippen molar-refractivity contribution in [1.82, 2.24) is 25.0 Å². The van der Waals surface area contributed by atoms with Gasteiger partial charge in [0.05, 0.1) is 12.2 Å². The summed E-state index contributed by atoms with van der Waals surface area (Å²) in [6, 6.07) is 4.27. The average molecular weight is 398 g/mol. The lowest BCUT2D eigenvalue weighted by atomic mass is 10.1. The highest BCUT2D eigenvalue weighted by atomic mass is 15.3. The fraction of sp³-hybridized carbons (Fsp3) is 0.591. The van der Waals surface area contributed by atoms with Crippen LogP contribution in [0.3, 0.4) is 0 Å². The summed E-state index contributed by atoms with van der Waals surface area (Å²) in [5.41, 5.74) is 3.52. The third kappa shape index (κ3) is 5.49. The van der Waals surface area contributed by atoms with E-state index in [9.17, 15) is 0 Å². The van der Waals surface area contributed by atoms with Crippen LogP contribution in [0.15, 0.2) is 29.5 Å². The minimum Gasteiger partial charge on any atom is -0.357 e. The van der Waals surface area contributed by atoms with Crippen molar-refractivity contribution in [1.29, 1.82) is 0 Å². The van der Waals surface area contributed by atoms with Crippen molar-refractivity contribution in [3.8, 4) is 0 Å². The van der Waals surface area contributed by atoms with E-state index in [1.54, 1.807) is 0 Å². The lowest BCUT2D eigenvalue weighted by Crippen LogP contribution is -2.38. The predicted octanol–water partition coefficient (Wildman–Crippen LogP) is 3.14. The second-order valence-electron chi connectivity index (χ2n) is 8.11. The van der Waals surface area contributed by atoms with Crippen LogP contribution < -0.4 is 10.2 Å². The minimum absolute atomic E-state index is 0.402. The standard InChI is InChI=1S/C22H35N7/c1-6-23-22(27(4)15-19-16-28(5)26-21(19)17(2)3)25-14-18-9-10-20(24-13-18)29-11-7-8-12-29/h9-10,13,16-17H,6-8,11-12,14-15H2,1-5H3,(H,23,25).